The van der Waals surface area contributed by atoms with E-state index in [0.29, 0.717) is 0 Å². The van der Waals surface area contributed by atoms with Crippen molar-refractivity contribution in [2.24, 2.45) is 10.2 Å². The molecule has 2 aromatic rings. The lowest BCUT2D eigenvalue weighted by Crippen LogP contribution is -2.25. The van der Waals surface area contributed by atoms with E-state index in [1.54, 1.807) is 0 Å². The molecule has 0 aromatic heterocycles. The number of amides is 1. The minimum absolute atomic E-state index is 0.00804. The molecule has 118 valence electrons. The Bertz CT molecular complexity index is 947. The molecule has 0 saturated heterocycles. The van der Waals surface area contributed by atoms with E-state index in [9.17, 15) is 9.00 Å². The monoisotopic (exact) mass is 339 g/mol. The second kappa shape index (κ2) is 6.43. The molecule has 0 bridgehead atoms. The number of carbonyl (C=O) groups excluding carboxylic acids is 1. The van der Waals surface area contributed by atoms with Crippen LogP contribution in [-0.2, 0) is 17.5 Å². The van der Waals surface area contributed by atoms with Gasteiger partial charge < -0.3 is 0 Å². The number of azide groups is 2. The second-order valence-electron chi connectivity index (χ2n) is 4.79. The molecule has 24 heavy (non-hydrogen) atoms. The first-order valence-electron chi connectivity index (χ1n) is 6.71. The van der Waals surface area contributed by atoms with Crippen LogP contribution in [0, 0.1) is 0 Å². The molecule has 0 spiro atoms. The van der Waals surface area contributed by atoms with Crippen LogP contribution in [0.1, 0.15) is 15.9 Å². The summed E-state index contributed by atoms with van der Waals surface area (Å²) < 4.78 is 13.8. The first-order valence-corrected chi connectivity index (χ1v) is 7.82. The van der Waals surface area contributed by atoms with Crippen molar-refractivity contribution in [1.29, 1.82) is 0 Å². The number of rotatable bonds is 4. The summed E-state index contributed by atoms with van der Waals surface area (Å²) in [4.78, 5) is 18.1. The van der Waals surface area contributed by atoms with E-state index in [2.05, 4.69) is 20.1 Å². The van der Waals surface area contributed by atoms with Crippen molar-refractivity contribution in [2.45, 2.75) is 11.4 Å². The van der Waals surface area contributed by atoms with Gasteiger partial charge in [0.05, 0.1) is 22.7 Å². The zero-order valence-corrected chi connectivity index (χ0v) is 12.9. The molecular weight excluding hydrogens is 330 g/mol. The van der Waals surface area contributed by atoms with Crippen LogP contribution in [0.2, 0.25) is 0 Å². The van der Waals surface area contributed by atoms with Crippen molar-refractivity contribution in [3.63, 3.8) is 0 Å². The molecule has 0 fully saturated rings. The Morgan fingerprint density at radius 2 is 1.79 bits per heavy atom. The van der Waals surface area contributed by atoms with Crippen LogP contribution in [0.15, 0.2) is 57.6 Å². The molecule has 0 aliphatic carbocycles. The molecular formula is C14H9N7O2S. The smallest absolute Gasteiger partial charge is 0.267 e. The first kappa shape index (κ1) is 15.6. The van der Waals surface area contributed by atoms with Gasteiger partial charge in [0.15, 0.2) is 11.0 Å². The second-order valence-corrected chi connectivity index (χ2v) is 6.17. The minimum atomic E-state index is -1.78. The highest BCUT2D eigenvalue weighted by molar-refractivity contribution is 7.84. The first-order chi connectivity index (χ1) is 11.7. The molecule has 10 heteroatoms. The Hall–Kier alpha value is -3.32. The SMILES string of the molecule is [N-]=[N+]=Nc1cc(N=[N+]=[N-])c2c(c1)S(=O)N(Cc1ccccc1)C2=O. The van der Waals surface area contributed by atoms with Gasteiger partial charge in [-0.25, -0.2) is 8.51 Å². The molecule has 1 aliphatic rings. The quantitative estimate of drug-likeness (QED) is 0.467. The van der Waals surface area contributed by atoms with E-state index < -0.39 is 16.9 Å². The average molecular weight is 339 g/mol. The Morgan fingerprint density at radius 1 is 1.08 bits per heavy atom. The number of hydrogen-bond acceptors (Lipinski definition) is 4. The van der Waals surface area contributed by atoms with E-state index in [0.717, 1.165) is 5.56 Å². The van der Waals surface area contributed by atoms with Crippen LogP contribution in [0.4, 0.5) is 11.4 Å². The third-order valence-corrected chi connectivity index (χ3v) is 4.77. The van der Waals surface area contributed by atoms with Gasteiger partial charge >= 0.3 is 0 Å². The van der Waals surface area contributed by atoms with Crippen LogP contribution < -0.4 is 0 Å². The van der Waals surface area contributed by atoms with Crippen molar-refractivity contribution >= 4 is 28.3 Å². The summed E-state index contributed by atoms with van der Waals surface area (Å²) >= 11 is 0. The van der Waals surface area contributed by atoms with Gasteiger partial charge in [-0.1, -0.05) is 40.6 Å². The molecule has 0 saturated carbocycles. The van der Waals surface area contributed by atoms with Gasteiger partial charge in [0.2, 0.25) is 0 Å². The minimum Gasteiger partial charge on any atom is -0.268 e. The van der Waals surface area contributed by atoms with Crippen LogP contribution in [0.5, 0.6) is 0 Å². The van der Waals surface area contributed by atoms with Crippen LogP contribution in [0.3, 0.4) is 0 Å². The van der Waals surface area contributed by atoms with Gasteiger partial charge in [-0.3, -0.25) is 4.79 Å². The highest BCUT2D eigenvalue weighted by Crippen LogP contribution is 2.38. The van der Waals surface area contributed by atoms with E-state index in [-0.39, 0.29) is 28.4 Å². The molecule has 2 aromatic carbocycles. The fourth-order valence-corrected chi connectivity index (χ4v) is 3.71. The van der Waals surface area contributed by atoms with E-state index in [1.807, 2.05) is 30.3 Å². The summed E-state index contributed by atoms with van der Waals surface area (Å²) in [6, 6.07) is 11.8. The number of fused-ring (bicyclic) bond motifs is 1. The molecule has 9 nitrogen and oxygen atoms in total. The maximum atomic E-state index is 12.7. The fourth-order valence-electron chi connectivity index (χ4n) is 2.37. The van der Waals surface area contributed by atoms with E-state index in [4.69, 9.17) is 11.1 Å². The molecule has 1 amide bonds. The predicted octanol–water partition coefficient (Wildman–Crippen LogP) is 4.25. The van der Waals surface area contributed by atoms with E-state index in [1.165, 1.54) is 16.4 Å². The number of nitrogens with zero attached hydrogens (tertiary/aromatic N) is 7. The Labute approximate surface area is 138 Å². The number of carbonyl (C=O) groups is 1. The van der Waals surface area contributed by atoms with Gasteiger partial charge in [-0.2, -0.15) is 0 Å². The van der Waals surface area contributed by atoms with Crippen molar-refractivity contribution < 1.29 is 9.00 Å². The largest absolute Gasteiger partial charge is 0.268 e. The molecule has 1 atom stereocenters. The molecule has 1 unspecified atom stereocenters. The van der Waals surface area contributed by atoms with Crippen LogP contribution in [0.25, 0.3) is 20.9 Å². The normalized spacial score (nSPS) is 15.4. The molecule has 0 N–H and O–H groups in total. The molecule has 1 aliphatic heterocycles. The third-order valence-electron chi connectivity index (χ3n) is 3.38. The number of benzene rings is 2. The summed E-state index contributed by atoms with van der Waals surface area (Å²) in [6.07, 6.45) is 0. The van der Waals surface area contributed by atoms with E-state index >= 15 is 0 Å². The predicted molar refractivity (Wildman–Crippen MR) is 86.8 cm³/mol. The lowest BCUT2D eigenvalue weighted by Gasteiger charge is -2.13. The van der Waals surface area contributed by atoms with Crippen LogP contribution >= 0.6 is 0 Å². The van der Waals surface area contributed by atoms with Gasteiger partial charge in [0.1, 0.15) is 0 Å². The van der Waals surface area contributed by atoms with Crippen molar-refractivity contribution in [2.75, 3.05) is 0 Å². The summed E-state index contributed by atoms with van der Waals surface area (Å²) in [5.74, 6) is -0.498. The Kier molecular flexibility index (Phi) is 4.17. The number of hydrogen-bond donors (Lipinski definition) is 0. The zero-order valence-electron chi connectivity index (χ0n) is 12.1. The highest BCUT2D eigenvalue weighted by Gasteiger charge is 2.36. The van der Waals surface area contributed by atoms with Gasteiger partial charge in [-0.15, -0.1) is 0 Å². The summed E-state index contributed by atoms with van der Waals surface area (Å²) in [6.45, 7) is 0.146. The standard InChI is InChI=1S/C14H9N7O2S/c15-19-17-10-6-11(18-20-16)13-12(7-10)24(23)21(14(13)22)8-9-4-2-1-3-5-9/h1-7H,8H2. The Morgan fingerprint density at radius 3 is 2.46 bits per heavy atom. The van der Waals surface area contributed by atoms with Crippen molar-refractivity contribution in [1.82, 2.24) is 4.31 Å². The Balaban J connectivity index is 2.09. The molecule has 3 rings (SSSR count). The van der Waals surface area contributed by atoms with Gasteiger partial charge in [0, 0.05) is 15.5 Å². The fraction of sp³-hybridized carbons (Fsp3) is 0.0714. The van der Waals surface area contributed by atoms with Crippen LogP contribution in [-0.4, -0.2) is 14.4 Å². The summed E-state index contributed by atoms with van der Waals surface area (Å²) in [5.41, 5.74) is 18.2. The lowest BCUT2D eigenvalue weighted by molar-refractivity contribution is 0.0869. The highest BCUT2D eigenvalue weighted by atomic mass is 32.2. The summed E-state index contributed by atoms with van der Waals surface area (Å²) in [5, 5.41) is 6.89. The summed E-state index contributed by atoms with van der Waals surface area (Å²) in [7, 11) is -1.78. The third kappa shape index (κ3) is 2.68. The molecule has 0 radical (unpaired) electrons. The maximum Gasteiger partial charge on any atom is 0.267 e. The topological polar surface area (TPSA) is 135 Å². The van der Waals surface area contributed by atoms with Gasteiger partial charge in [-0.05, 0) is 28.8 Å². The van der Waals surface area contributed by atoms with Crippen molar-refractivity contribution in [3.8, 4) is 0 Å². The average Bonchev–Trinajstić information content (AvgIpc) is 2.82. The molecule has 1 heterocycles. The lowest BCUT2D eigenvalue weighted by atomic mass is 10.1. The maximum absolute atomic E-state index is 12.7. The zero-order chi connectivity index (χ0) is 17.1. The van der Waals surface area contributed by atoms with Crippen molar-refractivity contribution in [3.05, 3.63) is 74.5 Å². The van der Waals surface area contributed by atoms with Gasteiger partial charge in [0.25, 0.3) is 5.91 Å².